The van der Waals surface area contributed by atoms with E-state index >= 15 is 0 Å². The van der Waals surface area contributed by atoms with Crippen LogP contribution in [0.15, 0.2) is 48.7 Å². The smallest absolute Gasteiger partial charge is 0.253 e. The third kappa shape index (κ3) is 4.20. The molecule has 1 fully saturated rings. The molecular weight excluding hydrogens is 328 g/mol. The van der Waals surface area contributed by atoms with Crippen molar-refractivity contribution in [1.82, 2.24) is 15.2 Å². The topological polar surface area (TPSA) is 65.5 Å². The predicted octanol–water partition coefficient (Wildman–Crippen LogP) is 2.24. The standard InChI is InChI=1S/C20H24N4O2/c1-15(17-6-4-3-5-7-17)22-20(26)18-8-9-19(21-14-18)24-12-10-23(11-13-24)16(2)25/h3-9,14-15H,10-13H2,1-2H3,(H,22,26). The molecule has 2 amide bonds. The number of benzene rings is 1. The van der Waals surface area contributed by atoms with Crippen LogP contribution in [-0.4, -0.2) is 47.9 Å². The van der Waals surface area contributed by atoms with Gasteiger partial charge >= 0.3 is 0 Å². The molecule has 3 rings (SSSR count). The Morgan fingerprint density at radius 1 is 1.04 bits per heavy atom. The molecule has 1 atom stereocenters. The van der Waals surface area contributed by atoms with E-state index in [1.165, 1.54) is 0 Å². The minimum Gasteiger partial charge on any atom is -0.353 e. The molecule has 0 radical (unpaired) electrons. The van der Waals surface area contributed by atoms with Gasteiger partial charge in [-0.05, 0) is 24.6 Å². The summed E-state index contributed by atoms with van der Waals surface area (Å²) in [4.78, 5) is 32.2. The van der Waals surface area contributed by atoms with Gasteiger partial charge in [0, 0.05) is 39.3 Å². The van der Waals surface area contributed by atoms with E-state index in [4.69, 9.17) is 0 Å². The summed E-state index contributed by atoms with van der Waals surface area (Å²) in [5.74, 6) is 0.805. The Hall–Kier alpha value is -2.89. The Morgan fingerprint density at radius 2 is 1.73 bits per heavy atom. The Bertz CT molecular complexity index is 753. The van der Waals surface area contributed by atoms with Crippen molar-refractivity contribution < 1.29 is 9.59 Å². The highest BCUT2D eigenvalue weighted by Crippen LogP contribution is 2.16. The van der Waals surface area contributed by atoms with Gasteiger partial charge in [-0.2, -0.15) is 0 Å². The number of hydrogen-bond acceptors (Lipinski definition) is 4. The van der Waals surface area contributed by atoms with Gasteiger partial charge in [-0.15, -0.1) is 0 Å². The first-order valence-electron chi connectivity index (χ1n) is 8.87. The zero-order valence-electron chi connectivity index (χ0n) is 15.2. The largest absolute Gasteiger partial charge is 0.353 e. The number of aromatic nitrogens is 1. The van der Waals surface area contributed by atoms with Gasteiger partial charge in [0.25, 0.3) is 5.91 Å². The molecule has 2 heterocycles. The quantitative estimate of drug-likeness (QED) is 0.916. The van der Waals surface area contributed by atoms with Crippen molar-refractivity contribution in [2.45, 2.75) is 19.9 Å². The predicted molar refractivity (Wildman–Crippen MR) is 101 cm³/mol. The van der Waals surface area contributed by atoms with Crippen molar-refractivity contribution in [1.29, 1.82) is 0 Å². The number of anilines is 1. The van der Waals surface area contributed by atoms with Crippen molar-refractivity contribution in [3.05, 3.63) is 59.8 Å². The van der Waals surface area contributed by atoms with Gasteiger partial charge in [0.15, 0.2) is 0 Å². The van der Waals surface area contributed by atoms with E-state index in [1.54, 1.807) is 19.2 Å². The Morgan fingerprint density at radius 3 is 2.31 bits per heavy atom. The first-order valence-corrected chi connectivity index (χ1v) is 8.87. The van der Waals surface area contributed by atoms with Gasteiger partial charge in [0.2, 0.25) is 5.91 Å². The highest BCUT2D eigenvalue weighted by molar-refractivity contribution is 5.94. The molecular formula is C20H24N4O2. The monoisotopic (exact) mass is 352 g/mol. The summed E-state index contributed by atoms with van der Waals surface area (Å²) in [6, 6.07) is 13.5. The van der Waals surface area contributed by atoms with Crippen LogP contribution in [0.4, 0.5) is 5.82 Å². The Balaban J connectivity index is 1.59. The molecule has 0 bridgehead atoms. The van der Waals surface area contributed by atoms with Crippen LogP contribution in [0.25, 0.3) is 0 Å². The van der Waals surface area contributed by atoms with Crippen molar-refractivity contribution >= 4 is 17.6 Å². The van der Waals surface area contributed by atoms with Gasteiger partial charge in [-0.3, -0.25) is 9.59 Å². The normalized spacial score (nSPS) is 15.5. The summed E-state index contributed by atoms with van der Waals surface area (Å²) in [5, 5.41) is 2.99. The average Bonchev–Trinajstić information content (AvgIpc) is 2.69. The van der Waals surface area contributed by atoms with Gasteiger partial charge < -0.3 is 15.1 Å². The van der Waals surface area contributed by atoms with Gasteiger partial charge in [0.1, 0.15) is 5.82 Å². The number of nitrogens with zero attached hydrogens (tertiary/aromatic N) is 3. The minimum absolute atomic E-state index is 0.0666. The van der Waals surface area contributed by atoms with E-state index in [0.29, 0.717) is 18.7 Å². The van der Waals surface area contributed by atoms with Crippen LogP contribution in [-0.2, 0) is 4.79 Å². The number of pyridine rings is 1. The first-order chi connectivity index (χ1) is 12.5. The van der Waals surface area contributed by atoms with Gasteiger partial charge in [-0.1, -0.05) is 30.3 Å². The van der Waals surface area contributed by atoms with Crippen molar-refractivity contribution in [3.8, 4) is 0 Å². The van der Waals surface area contributed by atoms with E-state index in [2.05, 4.69) is 15.2 Å². The first kappa shape index (κ1) is 17.9. The van der Waals surface area contributed by atoms with Crippen molar-refractivity contribution in [2.24, 2.45) is 0 Å². The third-order valence-electron chi connectivity index (χ3n) is 4.71. The summed E-state index contributed by atoms with van der Waals surface area (Å²) < 4.78 is 0. The van der Waals surface area contributed by atoms with E-state index in [-0.39, 0.29) is 17.9 Å². The van der Waals surface area contributed by atoms with Crippen molar-refractivity contribution in [3.63, 3.8) is 0 Å². The lowest BCUT2D eigenvalue weighted by molar-refractivity contribution is -0.129. The zero-order chi connectivity index (χ0) is 18.5. The van der Waals surface area contributed by atoms with E-state index < -0.39 is 0 Å². The summed E-state index contributed by atoms with van der Waals surface area (Å²) in [6.07, 6.45) is 1.61. The number of amides is 2. The number of piperazine rings is 1. The highest BCUT2D eigenvalue weighted by atomic mass is 16.2. The number of carbonyl (C=O) groups excluding carboxylic acids is 2. The molecule has 1 aliphatic rings. The molecule has 6 heteroatoms. The van der Waals surface area contributed by atoms with Gasteiger partial charge in [-0.25, -0.2) is 4.98 Å². The molecule has 6 nitrogen and oxygen atoms in total. The molecule has 136 valence electrons. The fourth-order valence-corrected chi connectivity index (χ4v) is 3.06. The third-order valence-corrected chi connectivity index (χ3v) is 4.71. The van der Waals surface area contributed by atoms with Crippen LogP contribution in [0, 0.1) is 0 Å². The van der Waals surface area contributed by atoms with E-state index in [0.717, 1.165) is 24.5 Å². The minimum atomic E-state index is -0.137. The second kappa shape index (κ2) is 7.99. The lowest BCUT2D eigenvalue weighted by Gasteiger charge is -2.34. The zero-order valence-corrected chi connectivity index (χ0v) is 15.2. The number of carbonyl (C=O) groups is 2. The van der Waals surface area contributed by atoms with Crippen LogP contribution >= 0.6 is 0 Å². The molecule has 0 aliphatic carbocycles. The van der Waals surface area contributed by atoms with E-state index in [9.17, 15) is 9.59 Å². The van der Waals surface area contributed by atoms with E-state index in [1.807, 2.05) is 48.2 Å². The van der Waals surface area contributed by atoms with Gasteiger partial charge in [0.05, 0.1) is 11.6 Å². The van der Waals surface area contributed by atoms with Crippen LogP contribution in [0.1, 0.15) is 35.8 Å². The Kier molecular flexibility index (Phi) is 5.51. The lowest BCUT2D eigenvalue weighted by Crippen LogP contribution is -2.48. The molecule has 1 aromatic heterocycles. The maximum atomic E-state index is 12.4. The molecule has 1 unspecified atom stereocenters. The Labute approximate surface area is 153 Å². The molecule has 0 saturated carbocycles. The number of nitrogens with one attached hydrogen (secondary N) is 1. The lowest BCUT2D eigenvalue weighted by atomic mass is 10.1. The fourth-order valence-electron chi connectivity index (χ4n) is 3.06. The molecule has 1 saturated heterocycles. The molecule has 26 heavy (non-hydrogen) atoms. The van der Waals surface area contributed by atoms with Crippen molar-refractivity contribution in [2.75, 3.05) is 31.1 Å². The molecule has 0 spiro atoms. The highest BCUT2D eigenvalue weighted by Gasteiger charge is 2.20. The molecule has 1 aliphatic heterocycles. The van der Waals surface area contributed by atoms with Crippen LogP contribution in [0.2, 0.25) is 0 Å². The summed E-state index contributed by atoms with van der Waals surface area (Å²) in [6.45, 7) is 6.47. The fraction of sp³-hybridized carbons (Fsp3) is 0.350. The second-order valence-electron chi connectivity index (χ2n) is 6.50. The van der Waals surface area contributed by atoms with Crippen LogP contribution in [0.3, 0.4) is 0 Å². The summed E-state index contributed by atoms with van der Waals surface area (Å²) in [5.41, 5.74) is 1.60. The van der Waals surface area contributed by atoms with Crippen LogP contribution in [0.5, 0.6) is 0 Å². The maximum absolute atomic E-state index is 12.4. The average molecular weight is 352 g/mol. The molecule has 2 aromatic rings. The molecule has 1 aromatic carbocycles. The van der Waals surface area contributed by atoms with Crippen LogP contribution < -0.4 is 10.2 Å². The summed E-state index contributed by atoms with van der Waals surface area (Å²) >= 11 is 0. The molecule has 1 N–H and O–H groups in total. The summed E-state index contributed by atoms with van der Waals surface area (Å²) in [7, 11) is 0. The SMILES string of the molecule is CC(=O)N1CCN(c2ccc(C(=O)NC(C)c3ccccc3)cn2)CC1. The number of hydrogen-bond donors (Lipinski definition) is 1. The number of rotatable bonds is 4. The maximum Gasteiger partial charge on any atom is 0.253 e. The second-order valence-corrected chi connectivity index (χ2v) is 6.50.